The summed E-state index contributed by atoms with van der Waals surface area (Å²) >= 11 is 0. The molecule has 0 radical (unpaired) electrons. The standard InChI is InChI=1S/C33H37N3O6/c37-31(38)15-14-30(32(39)34-17-16-24-21-36(18-19-41-24)20-23-8-2-1-3-9-23)35-33(40)42-22-29-27-12-6-4-10-25(27)26-11-5-7-13-28(26)29/h1-13,24,29-30H,14-22H2,(H,34,39)(H,35,40)(H,37,38). The Balaban J connectivity index is 1.11. The summed E-state index contributed by atoms with van der Waals surface area (Å²) in [6.45, 7) is 3.51. The molecule has 1 aliphatic carbocycles. The number of aliphatic carboxylic acids is 1. The number of carboxylic acid groups (broad SMARTS) is 1. The molecular formula is C33H37N3O6. The number of nitrogens with zero attached hydrogens (tertiary/aromatic N) is 1. The minimum Gasteiger partial charge on any atom is -0.481 e. The van der Waals surface area contributed by atoms with Crippen molar-refractivity contribution in [1.82, 2.24) is 15.5 Å². The quantitative estimate of drug-likeness (QED) is 0.299. The molecule has 3 N–H and O–H groups in total. The lowest BCUT2D eigenvalue weighted by molar-refractivity contribution is -0.137. The smallest absolute Gasteiger partial charge is 0.407 e. The molecule has 9 nitrogen and oxygen atoms in total. The maximum atomic E-state index is 13.0. The highest BCUT2D eigenvalue weighted by Crippen LogP contribution is 2.44. The molecule has 5 rings (SSSR count). The summed E-state index contributed by atoms with van der Waals surface area (Å²) in [7, 11) is 0. The van der Waals surface area contributed by atoms with Crippen LogP contribution in [0.1, 0.15) is 41.9 Å². The molecule has 1 saturated heterocycles. The summed E-state index contributed by atoms with van der Waals surface area (Å²) < 4.78 is 11.5. The first-order valence-corrected chi connectivity index (χ1v) is 14.5. The number of fused-ring (bicyclic) bond motifs is 3. The number of morpholine rings is 1. The van der Waals surface area contributed by atoms with Crippen LogP contribution in [0.2, 0.25) is 0 Å². The van der Waals surface area contributed by atoms with Crippen molar-refractivity contribution >= 4 is 18.0 Å². The van der Waals surface area contributed by atoms with Crippen LogP contribution in [0.15, 0.2) is 78.9 Å². The lowest BCUT2D eigenvalue weighted by Crippen LogP contribution is -2.48. The molecule has 2 atom stereocenters. The van der Waals surface area contributed by atoms with Crippen molar-refractivity contribution in [3.05, 3.63) is 95.6 Å². The Morgan fingerprint density at radius 2 is 1.62 bits per heavy atom. The predicted molar refractivity (Wildman–Crippen MR) is 158 cm³/mol. The largest absolute Gasteiger partial charge is 0.481 e. The number of hydrogen-bond acceptors (Lipinski definition) is 6. The van der Waals surface area contributed by atoms with Gasteiger partial charge in [-0.2, -0.15) is 0 Å². The van der Waals surface area contributed by atoms with Gasteiger partial charge in [0.15, 0.2) is 0 Å². The van der Waals surface area contributed by atoms with Crippen molar-refractivity contribution in [1.29, 1.82) is 0 Å². The zero-order chi connectivity index (χ0) is 29.3. The van der Waals surface area contributed by atoms with E-state index in [0.29, 0.717) is 19.6 Å². The molecule has 42 heavy (non-hydrogen) atoms. The van der Waals surface area contributed by atoms with Crippen LogP contribution < -0.4 is 10.6 Å². The lowest BCUT2D eigenvalue weighted by Gasteiger charge is -2.33. The Labute approximate surface area is 245 Å². The molecule has 1 heterocycles. The van der Waals surface area contributed by atoms with Crippen LogP contribution in [0.5, 0.6) is 0 Å². The fourth-order valence-electron chi connectivity index (χ4n) is 5.74. The van der Waals surface area contributed by atoms with Crippen molar-refractivity contribution in [2.75, 3.05) is 32.8 Å². The van der Waals surface area contributed by atoms with Gasteiger partial charge in [-0.05, 0) is 40.7 Å². The molecule has 9 heteroatoms. The van der Waals surface area contributed by atoms with E-state index in [4.69, 9.17) is 9.47 Å². The van der Waals surface area contributed by atoms with Gasteiger partial charge in [0.05, 0.1) is 12.7 Å². The van der Waals surface area contributed by atoms with E-state index in [-0.39, 0.29) is 31.5 Å². The first-order chi connectivity index (χ1) is 20.5. The fraction of sp³-hybridized carbons (Fsp3) is 0.364. The van der Waals surface area contributed by atoms with Crippen molar-refractivity contribution < 1.29 is 29.0 Å². The Kier molecular flexibility index (Phi) is 9.84. The van der Waals surface area contributed by atoms with Crippen LogP contribution in [0.25, 0.3) is 11.1 Å². The zero-order valence-electron chi connectivity index (χ0n) is 23.5. The number of benzene rings is 3. The Hall–Kier alpha value is -4.21. The van der Waals surface area contributed by atoms with Gasteiger partial charge in [0, 0.05) is 38.5 Å². The van der Waals surface area contributed by atoms with E-state index in [2.05, 4.69) is 39.8 Å². The third-order valence-corrected chi connectivity index (χ3v) is 7.84. The summed E-state index contributed by atoms with van der Waals surface area (Å²) in [5, 5.41) is 14.6. The molecule has 1 aliphatic heterocycles. The molecule has 2 aliphatic rings. The van der Waals surface area contributed by atoms with Gasteiger partial charge in [-0.1, -0.05) is 78.9 Å². The molecule has 220 valence electrons. The van der Waals surface area contributed by atoms with E-state index in [0.717, 1.165) is 41.9 Å². The third kappa shape index (κ3) is 7.54. The highest BCUT2D eigenvalue weighted by Gasteiger charge is 2.30. The summed E-state index contributed by atoms with van der Waals surface area (Å²) in [6.07, 6.45) is -0.490. The molecular weight excluding hydrogens is 534 g/mol. The maximum Gasteiger partial charge on any atom is 0.407 e. The molecule has 0 saturated carbocycles. The van der Waals surface area contributed by atoms with E-state index < -0.39 is 24.0 Å². The summed E-state index contributed by atoms with van der Waals surface area (Å²) in [5.74, 6) is -1.61. The summed E-state index contributed by atoms with van der Waals surface area (Å²) in [4.78, 5) is 39.4. The number of amides is 2. The van der Waals surface area contributed by atoms with Gasteiger partial charge in [-0.15, -0.1) is 0 Å². The molecule has 0 spiro atoms. The number of hydrogen-bond donors (Lipinski definition) is 3. The van der Waals surface area contributed by atoms with Crippen molar-refractivity contribution in [3.8, 4) is 11.1 Å². The van der Waals surface area contributed by atoms with E-state index in [1.807, 2.05) is 54.6 Å². The second kappa shape index (κ2) is 14.1. The van der Waals surface area contributed by atoms with Gasteiger partial charge in [0.25, 0.3) is 0 Å². The fourth-order valence-corrected chi connectivity index (χ4v) is 5.74. The van der Waals surface area contributed by atoms with Gasteiger partial charge in [0.1, 0.15) is 12.6 Å². The van der Waals surface area contributed by atoms with Gasteiger partial charge < -0.3 is 25.2 Å². The van der Waals surface area contributed by atoms with Crippen LogP contribution in [0.4, 0.5) is 4.79 Å². The average molecular weight is 572 g/mol. The van der Waals surface area contributed by atoms with Crippen LogP contribution in [-0.4, -0.2) is 73.0 Å². The number of rotatable bonds is 12. The number of carbonyl (C=O) groups excluding carboxylic acids is 2. The van der Waals surface area contributed by atoms with E-state index in [1.54, 1.807) is 0 Å². The predicted octanol–water partition coefficient (Wildman–Crippen LogP) is 4.17. The van der Waals surface area contributed by atoms with Gasteiger partial charge in [0.2, 0.25) is 5.91 Å². The van der Waals surface area contributed by atoms with Gasteiger partial charge in [-0.25, -0.2) is 4.79 Å². The normalized spacial score (nSPS) is 17.1. The Morgan fingerprint density at radius 1 is 0.952 bits per heavy atom. The molecule has 3 aromatic carbocycles. The van der Waals surface area contributed by atoms with Crippen LogP contribution in [0, 0.1) is 0 Å². The molecule has 1 fully saturated rings. The van der Waals surface area contributed by atoms with Gasteiger partial charge in [-0.3, -0.25) is 14.5 Å². The van der Waals surface area contributed by atoms with E-state index >= 15 is 0 Å². The van der Waals surface area contributed by atoms with Crippen molar-refractivity contribution in [2.45, 2.75) is 43.9 Å². The third-order valence-electron chi connectivity index (χ3n) is 7.84. The molecule has 2 amide bonds. The lowest BCUT2D eigenvalue weighted by atomic mass is 9.98. The van der Waals surface area contributed by atoms with Crippen LogP contribution in [0.3, 0.4) is 0 Å². The SMILES string of the molecule is O=C(O)CCC(NC(=O)OCC1c2ccccc2-c2ccccc21)C(=O)NCCC1CN(Cc2ccccc2)CCO1. The monoisotopic (exact) mass is 571 g/mol. The van der Waals surface area contributed by atoms with Crippen molar-refractivity contribution in [2.24, 2.45) is 0 Å². The number of ether oxygens (including phenoxy) is 2. The Morgan fingerprint density at radius 3 is 2.31 bits per heavy atom. The number of carbonyl (C=O) groups is 3. The molecule has 3 aromatic rings. The first-order valence-electron chi connectivity index (χ1n) is 14.5. The molecule has 2 unspecified atom stereocenters. The average Bonchev–Trinajstić information content (AvgIpc) is 3.32. The zero-order valence-corrected chi connectivity index (χ0v) is 23.5. The molecule has 0 bridgehead atoms. The highest BCUT2D eigenvalue weighted by atomic mass is 16.5. The van der Waals surface area contributed by atoms with Crippen molar-refractivity contribution in [3.63, 3.8) is 0 Å². The topological polar surface area (TPSA) is 117 Å². The van der Waals surface area contributed by atoms with Gasteiger partial charge >= 0.3 is 12.1 Å². The Bertz CT molecular complexity index is 1340. The van der Waals surface area contributed by atoms with E-state index in [9.17, 15) is 19.5 Å². The highest BCUT2D eigenvalue weighted by molar-refractivity contribution is 5.86. The van der Waals surface area contributed by atoms with E-state index in [1.165, 1.54) is 5.56 Å². The second-order valence-electron chi connectivity index (χ2n) is 10.7. The summed E-state index contributed by atoms with van der Waals surface area (Å²) in [5.41, 5.74) is 5.64. The summed E-state index contributed by atoms with van der Waals surface area (Å²) in [6, 6.07) is 25.3. The first kappa shape index (κ1) is 29.3. The minimum atomic E-state index is -1.05. The molecule has 0 aromatic heterocycles. The number of carboxylic acids is 1. The van der Waals surface area contributed by atoms with Crippen LogP contribution in [-0.2, 0) is 25.6 Å². The number of nitrogens with one attached hydrogen (secondary N) is 2. The minimum absolute atomic E-state index is 0.0321. The van der Waals surface area contributed by atoms with Crippen LogP contribution >= 0.6 is 0 Å². The maximum absolute atomic E-state index is 13.0. The number of alkyl carbamates (subject to hydrolysis) is 1. The second-order valence-corrected chi connectivity index (χ2v) is 10.7.